The zero-order valence-electron chi connectivity index (χ0n) is 5.37. The molecule has 1 aliphatic heterocycles. The van der Waals surface area contributed by atoms with Gasteiger partial charge in [-0.25, -0.2) is 4.79 Å². The smallest absolute Gasteiger partial charge is 0.450 e. The topological polar surface area (TPSA) is 72.5 Å². The van der Waals surface area contributed by atoms with Crippen LogP contribution in [0.4, 0.5) is 4.79 Å². The first kappa shape index (κ1) is 7.68. The van der Waals surface area contributed by atoms with Gasteiger partial charge in [0.1, 0.15) is 0 Å². The van der Waals surface area contributed by atoms with Crippen molar-refractivity contribution >= 4 is 17.9 Å². The normalized spacial score (nSPS) is 32.1. The van der Waals surface area contributed by atoms with Crippen molar-refractivity contribution in [2.45, 2.75) is 12.1 Å². The highest BCUT2D eigenvalue weighted by atomic mass is 32.2. The summed E-state index contributed by atoms with van der Waals surface area (Å²) < 4.78 is 4.47. The maximum atomic E-state index is 10.0. The second-order valence-corrected chi connectivity index (χ2v) is 3.34. The maximum Gasteiger partial charge on any atom is 0.507 e. The van der Waals surface area contributed by atoms with Gasteiger partial charge in [-0.05, 0) is 5.75 Å². The average Bonchev–Trinajstić information content (AvgIpc) is 2.12. The molecule has 0 saturated carbocycles. The van der Waals surface area contributed by atoms with Gasteiger partial charge in [-0.3, -0.25) is 5.73 Å². The summed E-state index contributed by atoms with van der Waals surface area (Å²) in [4.78, 5) is 10.0. The SMILES string of the molecule is NC1(OC(=O)O)CCSC1. The van der Waals surface area contributed by atoms with Crippen molar-refractivity contribution in [2.75, 3.05) is 11.5 Å². The van der Waals surface area contributed by atoms with Gasteiger partial charge in [-0.1, -0.05) is 0 Å². The Hall–Kier alpha value is -0.420. The predicted octanol–water partition coefficient (Wildman–Crippen LogP) is 0.473. The van der Waals surface area contributed by atoms with Crippen molar-refractivity contribution in [3.8, 4) is 0 Å². The Bertz CT molecular complexity index is 144. The summed E-state index contributed by atoms with van der Waals surface area (Å²) >= 11 is 1.61. The van der Waals surface area contributed by atoms with Gasteiger partial charge in [-0.15, -0.1) is 0 Å². The molecule has 0 aromatic heterocycles. The fourth-order valence-electron chi connectivity index (χ4n) is 0.816. The van der Waals surface area contributed by atoms with Crippen LogP contribution in [0.2, 0.25) is 0 Å². The minimum atomic E-state index is -1.29. The Morgan fingerprint density at radius 3 is 2.90 bits per heavy atom. The minimum absolute atomic E-state index is 0.569. The van der Waals surface area contributed by atoms with Crippen LogP contribution in [-0.4, -0.2) is 28.5 Å². The molecular formula is C5H9NO3S. The molecular weight excluding hydrogens is 154 g/mol. The quantitative estimate of drug-likeness (QED) is 0.434. The number of ether oxygens (including phenoxy) is 1. The van der Waals surface area contributed by atoms with Crippen LogP contribution in [0.25, 0.3) is 0 Å². The van der Waals surface area contributed by atoms with Gasteiger partial charge < -0.3 is 9.84 Å². The van der Waals surface area contributed by atoms with Crippen LogP contribution in [0.1, 0.15) is 6.42 Å². The number of carbonyl (C=O) groups is 1. The monoisotopic (exact) mass is 163 g/mol. The molecule has 1 heterocycles. The van der Waals surface area contributed by atoms with Gasteiger partial charge in [0.2, 0.25) is 0 Å². The number of rotatable bonds is 1. The molecule has 5 heteroatoms. The zero-order chi connectivity index (χ0) is 7.61. The second kappa shape index (κ2) is 2.67. The maximum absolute atomic E-state index is 10.0. The fourth-order valence-corrected chi connectivity index (χ4v) is 2.00. The summed E-state index contributed by atoms with van der Waals surface area (Å²) in [6.45, 7) is 0. The summed E-state index contributed by atoms with van der Waals surface area (Å²) in [6.07, 6.45) is -0.672. The highest BCUT2D eigenvalue weighted by molar-refractivity contribution is 7.99. The van der Waals surface area contributed by atoms with Crippen molar-refractivity contribution in [1.29, 1.82) is 0 Å². The van der Waals surface area contributed by atoms with Gasteiger partial charge in [-0.2, -0.15) is 11.8 Å². The molecule has 0 radical (unpaired) electrons. The number of thioether (sulfide) groups is 1. The van der Waals surface area contributed by atoms with Crippen molar-refractivity contribution in [3.63, 3.8) is 0 Å². The standard InChI is InChI=1S/C5H9NO3S/c6-5(9-4(7)8)1-2-10-3-5/h1-3,6H2,(H,7,8). The molecule has 1 aliphatic rings. The zero-order valence-corrected chi connectivity index (χ0v) is 6.19. The Balaban J connectivity index is 2.43. The highest BCUT2D eigenvalue weighted by Crippen LogP contribution is 2.26. The Labute approximate surface area is 62.7 Å². The van der Waals surface area contributed by atoms with Gasteiger partial charge in [0.05, 0.1) is 0 Å². The first-order valence-corrected chi connectivity index (χ1v) is 4.06. The molecule has 0 spiro atoms. The third-order valence-electron chi connectivity index (χ3n) is 1.31. The molecule has 0 aliphatic carbocycles. The number of carboxylic acid groups (broad SMARTS) is 1. The average molecular weight is 163 g/mol. The van der Waals surface area contributed by atoms with E-state index in [4.69, 9.17) is 10.8 Å². The van der Waals surface area contributed by atoms with Crippen LogP contribution in [0.15, 0.2) is 0 Å². The van der Waals surface area contributed by atoms with E-state index in [1.54, 1.807) is 11.8 Å². The third kappa shape index (κ3) is 1.78. The Morgan fingerprint density at radius 1 is 1.80 bits per heavy atom. The second-order valence-electron chi connectivity index (χ2n) is 2.24. The molecule has 0 amide bonds. The van der Waals surface area contributed by atoms with Crippen molar-refractivity contribution in [3.05, 3.63) is 0 Å². The lowest BCUT2D eigenvalue weighted by atomic mass is 10.2. The first-order chi connectivity index (χ1) is 4.62. The Morgan fingerprint density at radius 2 is 2.50 bits per heavy atom. The van der Waals surface area contributed by atoms with Gasteiger partial charge >= 0.3 is 6.16 Å². The van der Waals surface area contributed by atoms with Crippen LogP contribution in [0.5, 0.6) is 0 Å². The summed E-state index contributed by atoms with van der Waals surface area (Å²) in [5.41, 5.74) is 4.62. The highest BCUT2D eigenvalue weighted by Gasteiger charge is 2.33. The predicted molar refractivity (Wildman–Crippen MR) is 38.0 cm³/mol. The molecule has 1 fully saturated rings. The lowest BCUT2D eigenvalue weighted by molar-refractivity contribution is 0.00120. The summed E-state index contributed by atoms with van der Waals surface area (Å²) in [5.74, 6) is 1.45. The molecule has 10 heavy (non-hydrogen) atoms. The molecule has 1 atom stereocenters. The molecule has 0 aromatic carbocycles. The molecule has 1 unspecified atom stereocenters. The summed E-state index contributed by atoms with van der Waals surface area (Å²) in [5, 5.41) is 8.23. The fraction of sp³-hybridized carbons (Fsp3) is 0.800. The van der Waals surface area contributed by atoms with Crippen LogP contribution in [0, 0.1) is 0 Å². The van der Waals surface area contributed by atoms with E-state index in [0.29, 0.717) is 12.2 Å². The number of nitrogens with two attached hydrogens (primary N) is 1. The van der Waals surface area contributed by atoms with E-state index >= 15 is 0 Å². The van der Waals surface area contributed by atoms with E-state index in [9.17, 15) is 4.79 Å². The van der Waals surface area contributed by atoms with Gasteiger partial charge in [0.15, 0.2) is 5.72 Å². The van der Waals surface area contributed by atoms with Gasteiger partial charge in [0, 0.05) is 12.2 Å². The van der Waals surface area contributed by atoms with Gasteiger partial charge in [0.25, 0.3) is 0 Å². The van der Waals surface area contributed by atoms with Crippen LogP contribution in [0.3, 0.4) is 0 Å². The molecule has 1 saturated heterocycles. The van der Waals surface area contributed by atoms with E-state index in [0.717, 1.165) is 5.75 Å². The Kier molecular flexibility index (Phi) is 2.05. The number of hydrogen-bond donors (Lipinski definition) is 2. The van der Waals surface area contributed by atoms with Crippen molar-refractivity contribution in [1.82, 2.24) is 0 Å². The molecule has 0 bridgehead atoms. The summed E-state index contributed by atoms with van der Waals surface area (Å²) in [7, 11) is 0. The molecule has 3 N–H and O–H groups in total. The van der Waals surface area contributed by atoms with E-state index in [1.165, 1.54) is 0 Å². The minimum Gasteiger partial charge on any atom is -0.450 e. The van der Waals surface area contributed by atoms with E-state index < -0.39 is 11.9 Å². The molecule has 1 rings (SSSR count). The molecule has 0 aromatic rings. The lowest BCUT2D eigenvalue weighted by Gasteiger charge is -2.20. The van der Waals surface area contributed by atoms with Crippen molar-refractivity contribution < 1.29 is 14.6 Å². The van der Waals surface area contributed by atoms with E-state index in [2.05, 4.69) is 4.74 Å². The van der Waals surface area contributed by atoms with Crippen LogP contribution >= 0.6 is 11.8 Å². The van der Waals surface area contributed by atoms with Crippen LogP contribution < -0.4 is 5.73 Å². The first-order valence-electron chi connectivity index (χ1n) is 2.91. The van der Waals surface area contributed by atoms with Crippen LogP contribution in [-0.2, 0) is 4.74 Å². The summed E-state index contributed by atoms with van der Waals surface area (Å²) in [6, 6.07) is 0. The third-order valence-corrected chi connectivity index (χ3v) is 2.49. The molecule has 58 valence electrons. The van der Waals surface area contributed by atoms with E-state index in [-0.39, 0.29) is 0 Å². The van der Waals surface area contributed by atoms with Crippen molar-refractivity contribution in [2.24, 2.45) is 5.73 Å². The number of hydrogen-bond acceptors (Lipinski definition) is 4. The largest absolute Gasteiger partial charge is 0.507 e. The molecule has 4 nitrogen and oxygen atoms in total. The lowest BCUT2D eigenvalue weighted by Crippen LogP contribution is -2.44. The van der Waals surface area contributed by atoms with E-state index in [1.807, 2.05) is 0 Å².